The number of carbonyl (C=O) groups excluding carboxylic acids is 3. The van der Waals surface area contributed by atoms with Gasteiger partial charge in [0.25, 0.3) is 0 Å². The third-order valence-electron chi connectivity index (χ3n) is 5.29. The van der Waals surface area contributed by atoms with Crippen molar-refractivity contribution >= 4 is 23.3 Å². The number of amides is 3. The predicted octanol–water partition coefficient (Wildman–Crippen LogP) is 2.19. The molecule has 7 nitrogen and oxygen atoms in total. The summed E-state index contributed by atoms with van der Waals surface area (Å²) < 4.78 is 0. The van der Waals surface area contributed by atoms with Gasteiger partial charge in [-0.1, -0.05) is 44.2 Å². The molecule has 158 valence electrons. The topological polar surface area (TPSA) is 108 Å². The van der Waals surface area contributed by atoms with Gasteiger partial charge in [-0.15, -0.1) is 0 Å². The van der Waals surface area contributed by atoms with Gasteiger partial charge in [0.05, 0.1) is 0 Å². The van der Waals surface area contributed by atoms with Crippen LogP contribution in [0.15, 0.2) is 30.3 Å². The van der Waals surface area contributed by atoms with E-state index in [0.717, 1.165) is 17.6 Å². The van der Waals surface area contributed by atoms with Crippen LogP contribution in [-0.2, 0) is 20.8 Å². The van der Waals surface area contributed by atoms with E-state index in [2.05, 4.69) is 22.8 Å². The number of allylic oxidation sites excluding steroid dienone is 1. The molecule has 2 unspecified atom stereocenters. The Balaban J connectivity index is 2.23. The molecule has 0 heterocycles. The van der Waals surface area contributed by atoms with Gasteiger partial charge in [0.1, 0.15) is 5.54 Å². The van der Waals surface area contributed by atoms with Crippen molar-refractivity contribution in [2.45, 2.75) is 52.0 Å². The quantitative estimate of drug-likeness (QED) is 0.376. The van der Waals surface area contributed by atoms with Gasteiger partial charge in [0, 0.05) is 25.8 Å². The Morgan fingerprint density at radius 1 is 1.21 bits per heavy atom. The fourth-order valence-electron chi connectivity index (χ4n) is 3.86. The van der Waals surface area contributed by atoms with Gasteiger partial charge in [-0.05, 0) is 42.4 Å². The maximum absolute atomic E-state index is 13.0. The van der Waals surface area contributed by atoms with Gasteiger partial charge in [0.15, 0.2) is 0 Å². The second-order valence-electron chi connectivity index (χ2n) is 8.23. The average Bonchev–Trinajstić information content (AvgIpc) is 3.08. The van der Waals surface area contributed by atoms with Crippen LogP contribution in [0.4, 0.5) is 0 Å². The molecule has 1 aromatic rings. The van der Waals surface area contributed by atoms with Gasteiger partial charge >= 0.3 is 0 Å². The first-order valence-corrected chi connectivity index (χ1v) is 9.94. The second-order valence-corrected chi connectivity index (χ2v) is 8.23. The van der Waals surface area contributed by atoms with E-state index in [0.29, 0.717) is 12.8 Å². The van der Waals surface area contributed by atoms with E-state index in [1.807, 2.05) is 32.0 Å². The van der Waals surface area contributed by atoms with Crippen LogP contribution in [0.2, 0.25) is 0 Å². The summed E-state index contributed by atoms with van der Waals surface area (Å²) >= 11 is 0. The summed E-state index contributed by atoms with van der Waals surface area (Å²) in [4.78, 5) is 37.4. The number of rotatable bonds is 9. The molecule has 2 atom stereocenters. The minimum Gasteiger partial charge on any atom is -0.357 e. The number of likely N-dealkylation sites (N-methyl/N-ethyl adjacent to an activating group) is 1. The third kappa shape index (κ3) is 5.67. The highest BCUT2D eigenvalue weighted by Gasteiger charge is 2.38. The van der Waals surface area contributed by atoms with Crippen molar-refractivity contribution in [3.8, 4) is 0 Å². The monoisotopic (exact) mass is 401 g/mol. The lowest BCUT2D eigenvalue weighted by Crippen LogP contribution is -2.57. The summed E-state index contributed by atoms with van der Waals surface area (Å²) in [6, 6.07) is 8.02. The highest BCUT2D eigenvalue weighted by atomic mass is 16.5. The number of carbonyl (C=O) groups is 3. The summed E-state index contributed by atoms with van der Waals surface area (Å²) in [5.41, 5.74) is 3.72. The molecule has 0 fully saturated rings. The molecule has 0 aliphatic heterocycles. The summed E-state index contributed by atoms with van der Waals surface area (Å²) in [5.74, 6) is -1.77. The second kappa shape index (κ2) is 9.69. The molecule has 0 radical (unpaired) electrons. The first-order valence-electron chi connectivity index (χ1n) is 9.94. The Labute approximate surface area is 171 Å². The Morgan fingerprint density at radius 2 is 1.90 bits per heavy atom. The van der Waals surface area contributed by atoms with Crippen LogP contribution in [0.5, 0.6) is 0 Å². The fraction of sp³-hybridized carbons (Fsp3) is 0.500. The first-order chi connectivity index (χ1) is 13.7. The van der Waals surface area contributed by atoms with Gasteiger partial charge in [-0.3, -0.25) is 19.6 Å². The van der Waals surface area contributed by atoms with Gasteiger partial charge in [-0.2, -0.15) is 0 Å². The molecule has 1 aliphatic carbocycles. The van der Waals surface area contributed by atoms with Crippen LogP contribution in [0.3, 0.4) is 0 Å². The molecule has 4 N–H and O–H groups in total. The summed E-state index contributed by atoms with van der Waals surface area (Å²) in [5, 5.41) is 14.4. The minimum absolute atomic E-state index is 0.143. The van der Waals surface area contributed by atoms with E-state index >= 15 is 0 Å². The molecule has 0 saturated carbocycles. The van der Waals surface area contributed by atoms with Crippen molar-refractivity contribution in [3.05, 3.63) is 41.5 Å². The van der Waals surface area contributed by atoms with E-state index in [-0.39, 0.29) is 24.2 Å². The summed E-state index contributed by atoms with van der Waals surface area (Å²) in [7, 11) is 1.54. The number of fused-ring (bicyclic) bond motifs is 1. The maximum Gasteiger partial charge on any atom is 0.245 e. The molecule has 7 heteroatoms. The molecular weight excluding hydrogens is 370 g/mol. The zero-order chi connectivity index (χ0) is 21.6. The molecule has 2 rings (SSSR count). The SMILES string of the molecule is CNC(=O)C(C)(CC1=CCc2ccccc21)NC(=O)C(CC(=O)NO)CC(C)C. The van der Waals surface area contributed by atoms with Crippen molar-refractivity contribution in [1.29, 1.82) is 0 Å². The number of hydrogen-bond donors (Lipinski definition) is 4. The molecule has 29 heavy (non-hydrogen) atoms. The molecule has 0 spiro atoms. The van der Waals surface area contributed by atoms with E-state index < -0.39 is 17.4 Å². The lowest BCUT2D eigenvalue weighted by Gasteiger charge is -2.32. The number of hydrogen-bond acceptors (Lipinski definition) is 4. The molecule has 0 saturated heterocycles. The van der Waals surface area contributed by atoms with Crippen LogP contribution in [-0.4, -0.2) is 35.5 Å². The molecule has 1 aliphatic rings. The van der Waals surface area contributed by atoms with E-state index in [1.165, 1.54) is 12.6 Å². The van der Waals surface area contributed by atoms with E-state index in [1.54, 1.807) is 12.4 Å². The van der Waals surface area contributed by atoms with Gasteiger partial charge in [0.2, 0.25) is 17.7 Å². The highest BCUT2D eigenvalue weighted by Crippen LogP contribution is 2.33. The van der Waals surface area contributed by atoms with Crippen LogP contribution in [0.1, 0.15) is 51.2 Å². The highest BCUT2D eigenvalue weighted by molar-refractivity contribution is 5.95. The normalized spacial score (nSPS) is 15.7. The van der Waals surface area contributed by atoms with Crippen molar-refractivity contribution < 1.29 is 19.6 Å². The van der Waals surface area contributed by atoms with E-state index in [4.69, 9.17) is 5.21 Å². The third-order valence-corrected chi connectivity index (χ3v) is 5.29. The zero-order valence-corrected chi connectivity index (χ0v) is 17.5. The number of hydroxylamine groups is 1. The van der Waals surface area contributed by atoms with Gasteiger partial charge < -0.3 is 10.6 Å². The summed E-state index contributed by atoms with van der Waals surface area (Å²) in [6.07, 6.45) is 3.55. The minimum atomic E-state index is -1.17. The van der Waals surface area contributed by atoms with Crippen LogP contribution >= 0.6 is 0 Å². The largest absolute Gasteiger partial charge is 0.357 e. The van der Waals surface area contributed by atoms with Crippen LogP contribution < -0.4 is 16.1 Å². The van der Waals surface area contributed by atoms with Crippen molar-refractivity contribution in [2.75, 3.05) is 7.05 Å². The predicted molar refractivity (Wildman–Crippen MR) is 111 cm³/mol. The lowest BCUT2D eigenvalue weighted by atomic mass is 9.87. The van der Waals surface area contributed by atoms with Crippen molar-refractivity contribution in [2.24, 2.45) is 11.8 Å². The molecular formula is C22H31N3O4. The fourth-order valence-corrected chi connectivity index (χ4v) is 3.86. The van der Waals surface area contributed by atoms with Crippen molar-refractivity contribution in [1.82, 2.24) is 16.1 Å². The van der Waals surface area contributed by atoms with E-state index in [9.17, 15) is 14.4 Å². The number of nitrogens with one attached hydrogen (secondary N) is 3. The number of benzene rings is 1. The Bertz CT molecular complexity index is 803. The maximum atomic E-state index is 13.0. The Hall–Kier alpha value is -2.67. The molecule has 1 aromatic carbocycles. The zero-order valence-electron chi connectivity index (χ0n) is 17.5. The smallest absolute Gasteiger partial charge is 0.245 e. The first kappa shape index (κ1) is 22.6. The molecule has 0 aromatic heterocycles. The molecule has 3 amide bonds. The van der Waals surface area contributed by atoms with Crippen molar-refractivity contribution in [3.63, 3.8) is 0 Å². The standard InChI is InChI=1S/C22H31N3O4/c1-14(2)11-17(12-19(26)25-29)20(27)24-22(3,21(28)23-4)13-16-10-9-15-7-5-6-8-18(15)16/h5-8,10,14,17,29H,9,11-13H2,1-4H3,(H,23,28)(H,24,27)(H,25,26). The van der Waals surface area contributed by atoms with Crippen LogP contribution in [0, 0.1) is 11.8 Å². The van der Waals surface area contributed by atoms with Crippen LogP contribution in [0.25, 0.3) is 5.57 Å². The lowest BCUT2D eigenvalue weighted by molar-refractivity contribution is -0.138. The molecule has 0 bridgehead atoms. The average molecular weight is 402 g/mol. The van der Waals surface area contributed by atoms with Gasteiger partial charge in [-0.25, -0.2) is 5.48 Å². The Morgan fingerprint density at radius 3 is 2.52 bits per heavy atom. The summed E-state index contributed by atoms with van der Waals surface area (Å²) in [6.45, 7) is 5.61. The Kier molecular flexibility index (Phi) is 7.56.